The largest absolute Gasteiger partial charge is 0.492 e. The van der Waals surface area contributed by atoms with Crippen molar-refractivity contribution in [1.29, 1.82) is 0 Å². The smallest absolute Gasteiger partial charge is 0.259 e. The van der Waals surface area contributed by atoms with Gasteiger partial charge in [0.25, 0.3) is 5.91 Å². The lowest BCUT2D eigenvalue weighted by atomic mass is 10.1. The van der Waals surface area contributed by atoms with Gasteiger partial charge in [-0.05, 0) is 36.8 Å². The fourth-order valence-corrected chi connectivity index (χ4v) is 2.00. The number of ether oxygens (including phenoxy) is 1. The van der Waals surface area contributed by atoms with Crippen molar-refractivity contribution in [1.82, 2.24) is 4.90 Å². The van der Waals surface area contributed by atoms with Crippen LogP contribution in [0.3, 0.4) is 0 Å². The maximum Gasteiger partial charge on any atom is 0.259 e. The molecule has 0 spiro atoms. The molecule has 22 heavy (non-hydrogen) atoms. The van der Waals surface area contributed by atoms with Crippen molar-refractivity contribution in [2.24, 2.45) is 0 Å². The van der Waals surface area contributed by atoms with E-state index in [1.165, 1.54) is 18.0 Å². The molecular formula is C17H17F2NO2. The Kier molecular flexibility index (Phi) is 5.09. The van der Waals surface area contributed by atoms with E-state index in [2.05, 4.69) is 0 Å². The highest BCUT2D eigenvalue weighted by Gasteiger charge is 2.20. The Hall–Kier alpha value is -2.43. The third kappa shape index (κ3) is 3.81. The number of aryl methyl sites for hydroxylation is 1. The van der Waals surface area contributed by atoms with Crippen LogP contribution in [0.1, 0.15) is 15.9 Å². The summed E-state index contributed by atoms with van der Waals surface area (Å²) in [4.78, 5) is 13.3. The number of hydrogen-bond donors (Lipinski definition) is 0. The average Bonchev–Trinajstić information content (AvgIpc) is 2.47. The van der Waals surface area contributed by atoms with Gasteiger partial charge in [0.05, 0.1) is 6.54 Å². The normalized spacial score (nSPS) is 10.4. The summed E-state index contributed by atoms with van der Waals surface area (Å²) in [5.74, 6) is -1.74. The lowest BCUT2D eigenvalue weighted by molar-refractivity contribution is 0.0764. The van der Waals surface area contributed by atoms with E-state index in [0.717, 1.165) is 17.7 Å². The molecule has 0 atom stereocenters. The van der Waals surface area contributed by atoms with Gasteiger partial charge in [-0.3, -0.25) is 4.79 Å². The number of carbonyl (C=O) groups is 1. The quantitative estimate of drug-likeness (QED) is 0.847. The third-order valence-electron chi connectivity index (χ3n) is 3.21. The zero-order valence-electron chi connectivity index (χ0n) is 12.5. The first kappa shape index (κ1) is 15.9. The van der Waals surface area contributed by atoms with Crippen molar-refractivity contribution < 1.29 is 18.3 Å². The summed E-state index contributed by atoms with van der Waals surface area (Å²) in [6.45, 7) is 2.41. The van der Waals surface area contributed by atoms with E-state index < -0.39 is 23.1 Å². The first-order chi connectivity index (χ1) is 10.5. The summed E-state index contributed by atoms with van der Waals surface area (Å²) in [7, 11) is 1.48. The zero-order valence-corrected chi connectivity index (χ0v) is 12.5. The molecule has 3 nitrogen and oxygen atoms in total. The number of hydrogen-bond acceptors (Lipinski definition) is 2. The maximum atomic E-state index is 13.6. The number of carbonyl (C=O) groups excluding carboxylic acids is 1. The minimum absolute atomic E-state index is 0.223. The van der Waals surface area contributed by atoms with E-state index in [1.54, 1.807) is 0 Å². The summed E-state index contributed by atoms with van der Waals surface area (Å²) in [6, 6.07) is 10.9. The van der Waals surface area contributed by atoms with Crippen LogP contribution in [0.15, 0.2) is 42.5 Å². The molecule has 0 bridgehead atoms. The van der Waals surface area contributed by atoms with Crippen LogP contribution in [0, 0.1) is 18.6 Å². The molecule has 2 aromatic rings. The van der Waals surface area contributed by atoms with E-state index >= 15 is 0 Å². The van der Waals surface area contributed by atoms with Gasteiger partial charge in [-0.15, -0.1) is 0 Å². The number of halogens is 2. The van der Waals surface area contributed by atoms with Gasteiger partial charge in [-0.25, -0.2) is 8.78 Å². The summed E-state index contributed by atoms with van der Waals surface area (Å²) < 4.78 is 32.7. The minimum Gasteiger partial charge on any atom is -0.492 e. The Labute approximate surface area is 128 Å². The lowest BCUT2D eigenvalue weighted by Crippen LogP contribution is -2.32. The molecule has 0 aromatic heterocycles. The molecule has 0 saturated carbocycles. The van der Waals surface area contributed by atoms with Gasteiger partial charge >= 0.3 is 0 Å². The highest BCUT2D eigenvalue weighted by atomic mass is 19.1. The Morgan fingerprint density at radius 2 is 1.77 bits per heavy atom. The molecule has 0 aliphatic carbocycles. The number of likely N-dealkylation sites (N-methyl/N-ethyl adjacent to an activating group) is 1. The Balaban J connectivity index is 1.95. The Bertz CT molecular complexity index is 653. The summed E-state index contributed by atoms with van der Waals surface area (Å²) in [5, 5.41) is 0. The SMILES string of the molecule is Cc1cccc(OCCN(C)C(=O)c2c(F)cccc2F)c1. The highest BCUT2D eigenvalue weighted by molar-refractivity contribution is 5.94. The number of amides is 1. The van der Waals surface area contributed by atoms with Crippen LogP contribution >= 0.6 is 0 Å². The molecule has 0 saturated heterocycles. The second-order valence-corrected chi connectivity index (χ2v) is 4.99. The topological polar surface area (TPSA) is 29.5 Å². The molecule has 0 aliphatic rings. The molecule has 0 N–H and O–H groups in total. The Morgan fingerprint density at radius 3 is 2.41 bits per heavy atom. The van der Waals surface area contributed by atoms with Gasteiger partial charge in [-0.1, -0.05) is 18.2 Å². The van der Waals surface area contributed by atoms with Crippen molar-refractivity contribution in [2.45, 2.75) is 6.92 Å². The second-order valence-electron chi connectivity index (χ2n) is 4.99. The van der Waals surface area contributed by atoms with Gasteiger partial charge < -0.3 is 9.64 Å². The second kappa shape index (κ2) is 7.02. The van der Waals surface area contributed by atoms with E-state index in [9.17, 15) is 13.6 Å². The van der Waals surface area contributed by atoms with Gasteiger partial charge in [0.1, 0.15) is 29.6 Å². The molecule has 1 amide bonds. The molecule has 0 unspecified atom stereocenters. The minimum atomic E-state index is -0.864. The maximum absolute atomic E-state index is 13.6. The Morgan fingerprint density at radius 1 is 1.14 bits per heavy atom. The van der Waals surface area contributed by atoms with Crippen molar-refractivity contribution in [3.63, 3.8) is 0 Å². The molecule has 0 aliphatic heterocycles. The van der Waals surface area contributed by atoms with E-state index in [0.29, 0.717) is 5.75 Å². The van der Waals surface area contributed by atoms with Crippen LogP contribution in [0.4, 0.5) is 8.78 Å². The molecule has 0 fully saturated rings. The van der Waals surface area contributed by atoms with Crippen LogP contribution in [-0.4, -0.2) is 31.0 Å². The monoisotopic (exact) mass is 305 g/mol. The fourth-order valence-electron chi connectivity index (χ4n) is 2.00. The van der Waals surface area contributed by atoms with Crippen LogP contribution in [0.5, 0.6) is 5.75 Å². The van der Waals surface area contributed by atoms with Gasteiger partial charge in [0, 0.05) is 7.05 Å². The standard InChI is InChI=1S/C17H17F2NO2/c1-12-5-3-6-13(11-12)22-10-9-20(2)17(21)16-14(18)7-4-8-15(16)19/h3-8,11H,9-10H2,1-2H3. The molecule has 0 radical (unpaired) electrons. The van der Waals surface area contributed by atoms with Crippen molar-refractivity contribution >= 4 is 5.91 Å². The van der Waals surface area contributed by atoms with Gasteiger partial charge in [-0.2, -0.15) is 0 Å². The van der Waals surface area contributed by atoms with Crippen molar-refractivity contribution in [2.75, 3.05) is 20.2 Å². The third-order valence-corrected chi connectivity index (χ3v) is 3.21. The summed E-state index contributed by atoms with van der Waals surface area (Å²) in [6.07, 6.45) is 0. The predicted molar refractivity (Wildman–Crippen MR) is 80.0 cm³/mol. The summed E-state index contributed by atoms with van der Waals surface area (Å²) in [5.41, 5.74) is 0.524. The van der Waals surface area contributed by atoms with Gasteiger partial charge in [0.2, 0.25) is 0 Å². The van der Waals surface area contributed by atoms with E-state index in [1.807, 2.05) is 31.2 Å². The van der Waals surface area contributed by atoms with Crippen molar-refractivity contribution in [3.8, 4) is 5.75 Å². The van der Waals surface area contributed by atoms with Crippen LogP contribution in [0.25, 0.3) is 0 Å². The van der Waals surface area contributed by atoms with Gasteiger partial charge in [0.15, 0.2) is 0 Å². The number of nitrogens with zero attached hydrogens (tertiary/aromatic N) is 1. The number of benzene rings is 2. The molecule has 2 rings (SSSR count). The lowest BCUT2D eigenvalue weighted by Gasteiger charge is -2.18. The molecule has 116 valence electrons. The van der Waals surface area contributed by atoms with E-state index in [4.69, 9.17) is 4.74 Å². The molecule has 5 heteroatoms. The zero-order chi connectivity index (χ0) is 16.1. The molecule has 0 heterocycles. The summed E-state index contributed by atoms with van der Waals surface area (Å²) >= 11 is 0. The first-order valence-electron chi connectivity index (χ1n) is 6.88. The van der Waals surface area contributed by atoms with Crippen LogP contribution < -0.4 is 4.74 Å². The average molecular weight is 305 g/mol. The van der Waals surface area contributed by atoms with E-state index in [-0.39, 0.29) is 13.2 Å². The highest BCUT2D eigenvalue weighted by Crippen LogP contribution is 2.15. The van der Waals surface area contributed by atoms with Crippen LogP contribution in [-0.2, 0) is 0 Å². The van der Waals surface area contributed by atoms with Crippen molar-refractivity contribution in [3.05, 3.63) is 65.2 Å². The predicted octanol–water partition coefficient (Wildman–Crippen LogP) is 3.42. The molecule has 2 aromatic carbocycles. The first-order valence-corrected chi connectivity index (χ1v) is 6.88. The fraction of sp³-hybridized carbons (Fsp3) is 0.235. The molecular weight excluding hydrogens is 288 g/mol. The number of rotatable bonds is 5. The van der Waals surface area contributed by atoms with Crippen LogP contribution in [0.2, 0.25) is 0 Å².